The Kier molecular flexibility index (Phi) is 15.3. The number of hydrogen-bond donors (Lipinski definition) is 0. The molecule has 0 aliphatic heterocycles. The standard InChI is InChI=1S/C58H36F2N2.C11H8N.Ir/c59-49-14-10-13-44(36-49)46-33-47(35-48(34-46)56-38-50(60)28-30-52(56)41-23-25-43(26-24-41)57-17-6-8-31-61-57)51-15-4-5-16-53(51)54-29-27-45(58-18-7-9-32-62-58)37-55(54)42-21-19-40(20-22-42)39-11-2-1-3-12-39;1-2-6-10(7-3-1)11-8-4-5-9-12-11;/h1-25,28-38H;1-6,8-9H;/q-2;-1;+3. The summed E-state index contributed by atoms with van der Waals surface area (Å²) in [5.41, 5.74) is 18.3. The summed E-state index contributed by atoms with van der Waals surface area (Å²) in [6.45, 7) is 0. The number of aromatic nitrogens is 3. The zero-order chi connectivity index (χ0) is 50.1. The van der Waals surface area contributed by atoms with Gasteiger partial charge in [0, 0.05) is 18.6 Å². The Morgan fingerprint density at radius 1 is 0.267 bits per heavy atom. The number of hydrogen-bond acceptors (Lipinski definition) is 3. The quantitative estimate of drug-likeness (QED) is 0.128. The first kappa shape index (κ1) is 49.5. The molecule has 3 heterocycles. The van der Waals surface area contributed by atoms with Crippen molar-refractivity contribution in [3.05, 3.63) is 297 Å². The van der Waals surface area contributed by atoms with Crippen molar-refractivity contribution >= 4 is 0 Å². The molecule has 0 bridgehead atoms. The fourth-order valence-corrected chi connectivity index (χ4v) is 9.19. The van der Waals surface area contributed by atoms with E-state index in [-0.39, 0.29) is 31.7 Å². The van der Waals surface area contributed by atoms with Gasteiger partial charge in [-0.05, 0) is 128 Å². The topological polar surface area (TPSA) is 38.7 Å². The van der Waals surface area contributed by atoms with Gasteiger partial charge in [0.25, 0.3) is 0 Å². The van der Waals surface area contributed by atoms with Crippen LogP contribution < -0.4 is 0 Å². The smallest absolute Gasteiger partial charge is 0.305 e. The van der Waals surface area contributed by atoms with Gasteiger partial charge in [0.05, 0.1) is 0 Å². The number of halogens is 2. The summed E-state index contributed by atoms with van der Waals surface area (Å²) in [6.07, 6.45) is 5.34. The van der Waals surface area contributed by atoms with Crippen molar-refractivity contribution in [2.45, 2.75) is 0 Å². The third-order valence-corrected chi connectivity index (χ3v) is 12.8. The van der Waals surface area contributed by atoms with Crippen molar-refractivity contribution in [2.24, 2.45) is 0 Å². The first-order chi connectivity index (χ1) is 36.5. The van der Waals surface area contributed by atoms with Crippen molar-refractivity contribution < 1.29 is 28.9 Å². The molecule has 6 heteroatoms. The van der Waals surface area contributed by atoms with E-state index in [1.807, 2.05) is 146 Å². The minimum Gasteiger partial charge on any atom is -0.305 e. The molecule has 3 nitrogen and oxygen atoms in total. The van der Waals surface area contributed by atoms with Crippen LogP contribution >= 0.6 is 0 Å². The average molecular weight is 1150 g/mol. The van der Waals surface area contributed by atoms with Crippen LogP contribution in [0.1, 0.15) is 0 Å². The number of benzene rings is 9. The third-order valence-electron chi connectivity index (χ3n) is 12.8. The fraction of sp³-hybridized carbons (Fsp3) is 0. The van der Waals surface area contributed by atoms with E-state index in [4.69, 9.17) is 0 Å². The van der Waals surface area contributed by atoms with Gasteiger partial charge in [-0.15, -0.1) is 89.5 Å². The Labute approximate surface area is 450 Å². The van der Waals surface area contributed by atoms with Gasteiger partial charge in [-0.3, -0.25) is 0 Å². The first-order valence-electron chi connectivity index (χ1n) is 24.3. The van der Waals surface area contributed by atoms with Crippen LogP contribution in [-0.4, -0.2) is 15.0 Å². The van der Waals surface area contributed by atoms with Crippen LogP contribution in [0.4, 0.5) is 8.78 Å². The monoisotopic (exact) mass is 1150 g/mol. The maximum Gasteiger partial charge on any atom is 3.00 e. The van der Waals surface area contributed by atoms with E-state index in [1.54, 1.807) is 30.7 Å². The van der Waals surface area contributed by atoms with E-state index < -0.39 is 0 Å². The molecule has 0 saturated heterocycles. The first-order valence-corrected chi connectivity index (χ1v) is 24.3. The molecule has 0 fully saturated rings. The summed E-state index contributed by atoms with van der Waals surface area (Å²) >= 11 is 0. The molecule has 75 heavy (non-hydrogen) atoms. The van der Waals surface area contributed by atoms with Crippen molar-refractivity contribution in [1.29, 1.82) is 0 Å². The molecule has 0 atom stereocenters. The zero-order valence-corrected chi connectivity index (χ0v) is 42.7. The SMILES string of the molecule is Fc1cccc(-c2cc(-c3cc(F)ccc3-c3c[c-]c(-c4ccccn4)cc3)cc(-c3ccccc3-c3c[c-]c(-c4ccccn4)cc3-c3ccc(-c4ccccc4)cc3)c2)c1.[Ir+3].[c-]1ccccc1-c1ccccn1. The van der Waals surface area contributed by atoms with Gasteiger partial charge < -0.3 is 15.0 Å². The second-order valence-corrected chi connectivity index (χ2v) is 17.6. The van der Waals surface area contributed by atoms with Crippen LogP contribution in [0, 0.1) is 29.8 Å². The number of rotatable bonds is 10. The molecule has 12 aromatic rings. The molecular formula is C69H44F2IrN3. The molecule has 0 radical (unpaired) electrons. The Morgan fingerprint density at radius 2 is 0.787 bits per heavy atom. The molecule has 9 aromatic carbocycles. The van der Waals surface area contributed by atoms with Gasteiger partial charge >= 0.3 is 20.1 Å². The number of pyridine rings is 3. The molecular weight excluding hydrogens is 1100 g/mol. The van der Waals surface area contributed by atoms with E-state index in [1.165, 1.54) is 18.2 Å². The Bertz CT molecular complexity index is 3780. The molecule has 12 rings (SSSR count). The largest absolute Gasteiger partial charge is 3.00 e. The number of nitrogens with zero attached hydrogens (tertiary/aromatic N) is 3. The summed E-state index contributed by atoms with van der Waals surface area (Å²) < 4.78 is 30.3. The van der Waals surface area contributed by atoms with Gasteiger partial charge in [0.1, 0.15) is 11.6 Å². The summed E-state index contributed by atoms with van der Waals surface area (Å²) in [7, 11) is 0. The molecule has 0 unspecified atom stereocenters. The second-order valence-electron chi connectivity index (χ2n) is 17.6. The van der Waals surface area contributed by atoms with Crippen molar-refractivity contribution in [3.63, 3.8) is 0 Å². The van der Waals surface area contributed by atoms with Crippen molar-refractivity contribution in [1.82, 2.24) is 15.0 Å². The van der Waals surface area contributed by atoms with Crippen LogP contribution in [-0.2, 0) is 20.1 Å². The van der Waals surface area contributed by atoms with Gasteiger partial charge in [-0.1, -0.05) is 161 Å². The predicted molar refractivity (Wildman–Crippen MR) is 297 cm³/mol. The molecule has 0 amide bonds. The third kappa shape index (κ3) is 11.4. The maximum absolute atomic E-state index is 15.4. The van der Waals surface area contributed by atoms with Gasteiger partial charge in [0.15, 0.2) is 0 Å². The average Bonchev–Trinajstić information content (AvgIpc) is 3.48. The Morgan fingerprint density at radius 3 is 1.43 bits per heavy atom. The zero-order valence-electron chi connectivity index (χ0n) is 40.3. The molecule has 0 aliphatic rings. The van der Waals surface area contributed by atoms with E-state index in [9.17, 15) is 4.39 Å². The van der Waals surface area contributed by atoms with E-state index in [2.05, 4.69) is 106 Å². The minimum atomic E-state index is -0.359. The predicted octanol–water partition coefficient (Wildman–Crippen LogP) is 17.9. The van der Waals surface area contributed by atoms with Crippen LogP contribution in [0.3, 0.4) is 0 Å². The minimum absolute atomic E-state index is 0. The van der Waals surface area contributed by atoms with Gasteiger partial charge in [-0.25, -0.2) is 8.78 Å². The molecule has 3 aromatic heterocycles. The Balaban J connectivity index is 0.000000433. The molecule has 0 spiro atoms. The van der Waals surface area contributed by atoms with Crippen LogP contribution in [0.15, 0.2) is 267 Å². The summed E-state index contributed by atoms with van der Waals surface area (Å²) in [4.78, 5) is 13.4. The van der Waals surface area contributed by atoms with E-state index in [0.717, 1.165) is 101 Å². The van der Waals surface area contributed by atoms with Crippen molar-refractivity contribution in [2.75, 3.05) is 0 Å². The van der Waals surface area contributed by atoms with E-state index >= 15 is 4.39 Å². The van der Waals surface area contributed by atoms with Crippen LogP contribution in [0.5, 0.6) is 0 Å². The van der Waals surface area contributed by atoms with Gasteiger partial charge in [-0.2, -0.15) is 0 Å². The molecule has 0 aliphatic carbocycles. The van der Waals surface area contributed by atoms with Crippen molar-refractivity contribution in [3.8, 4) is 112 Å². The fourth-order valence-electron chi connectivity index (χ4n) is 9.19. The molecule has 358 valence electrons. The summed E-state index contributed by atoms with van der Waals surface area (Å²) in [6, 6.07) is 90.5. The van der Waals surface area contributed by atoms with Crippen LogP contribution in [0.2, 0.25) is 0 Å². The van der Waals surface area contributed by atoms with Crippen LogP contribution in [0.25, 0.3) is 112 Å². The summed E-state index contributed by atoms with van der Waals surface area (Å²) in [5.74, 6) is -0.696. The normalized spacial score (nSPS) is 10.7. The Hall–Kier alpha value is -9.06. The van der Waals surface area contributed by atoms with E-state index in [0.29, 0.717) is 11.1 Å². The van der Waals surface area contributed by atoms with Gasteiger partial charge in [0.2, 0.25) is 0 Å². The summed E-state index contributed by atoms with van der Waals surface area (Å²) in [5, 5.41) is 0. The molecule has 0 saturated carbocycles. The second kappa shape index (κ2) is 23.2. The molecule has 0 N–H and O–H groups in total. The maximum atomic E-state index is 15.4.